The Hall–Kier alpha value is -3.98. The molecular weight excluding hydrogens is 484 g/mol. The van der Waals surface area contributed by atoms with Crippen LogP contribution < -0.4 is 4.90 Å². The van der Waals surface area contributed by atoms with Gasteiger partial charge in [0.25, 0.3) is 0 Å². The maximum atomic E-state index is 14.8. The average molecular weight is 520 g/mol. The fraction of sp³-hybridized carbons (Fsp3) is 0.222. The SMILES string of the molecule is C=C(/C=C/C=C1/N(C)c2cc3ccccc3cc2C1(C)C)C(C)(Cc1ccc(F)cc1F)c1ccccc1C. The van der Waals surface area contributed by atoms with Crippen molar-refractivity contribution in [2.24, 2.45) is 0 Å². The summed E-state index contributed by atoms with van der Waals surface area (Å²) in [5, 5.41) is 2.47. The summed E-state index contributed by atoms with van der Waals surface area (Å²) in [4.78, 5) is 2.27. The van der Waals surface area contributed by atoms with Crippen molar-refractivity contribution in [3.05, 3.63) is 149 Å². The summed E-state index contributed by atoms with van der Waals surface area (Å²) in [5.74, 6) is -1.11. The van der Waals surface area contributed by atoms with Gasteiger partial charge in [0.1, 0.15) is 11.6 Å². The number of anilines is 1. The molecule has 3 heteroatoms. The first-order valence-corrected chi connectivity index (χ1v) is 13.4. The maximum Gasteiger partial charge on any atom is 0.129 e. The second-order valence-electron chi connectivity index (χ2n) is 11.4. The summed E-state index contributed by atoms with van der Waals surface area (Å²) >= 11 is 0. The van der Waals surface area contributed by atoms with Gasteiger partial charge >= 0.3 is 0 Å². The molecule has 4 aromatic carbocycles. The minimum atomic E-state index is -0.587. The third-order valence-electron chi connectivity index (χ3n) is 8.46. The zero-order chi connectivity index (χ0) is 27.9. The van der Waals surface area contributed by atoms with Crippen molar-refractivity contribution in [1.29, 1.82) is 0 Å². The van der Waals surface area contributed by atoms with E-state index in [1.807, 2.05) is 18.2 Å². The number of rotatable bonds is 6. The molecule has 0 N–H and O–H groups in total. The zero-order valence-electron chi connectivity index (χ0n) is 23.4. The number of halogens is 2. The predicted octanol–water partition coefficient (Wildman–Crippen LogP) is 9.35. The second kappa shape index (κ2) is 9.96. The van der Waals surface area contributed by atoms with Crippen LogP contribution in [0.5, 0.6) is 0 Å². The van der Waals surface area contributed by atoms with Gasteiger partial charge in [0.15, 0.2) is 0 Å². The van der Waals surface area contributed by atoms with Crippen molar-refractivity contribution in [3.8, 4) is 0 Å². The molecule has 0 spiro atoms. The molecule has 4 aromatic rings. The number of nitrogens with zero attached hydrogens (tertiary/aromatic N) is 1. The van der Waals surface area contributed by atoms with Crippen LogP contribution in [0.1, 0.15) is 43.0 Å². The third kappa shape index (κ3) is 4.71. The van der Waals surface area contributed by atoms with Gasteiger partial charge in [-0.15, -0.1) is 0 Å². The molecule has 1 aliphatic heterocycles. The lowest BCUT2D eigenvalue weighted by atomic mass is 9.70. The van der Waals surface area contributed by atoms with E-state index in [-0.39, 0.29) is 5.41 Å². The Morgan fingerprint density at radius 1 is 0.949 bits per heavy atom. The minimum Gasteiger partial charge on any atom is -0.347 e. The summed E-state index contributed by atoms with van der Waals surface area (Å²) in [6.07, 6.45) is 6.61. The molecule has 0 bridgehead atoms. The van der Waals surface area contributed by atoms with Crippen LogP contribution in [0.2, 0.25) is 0 Å². The first kappa shape index (κ1) is 26.6. The number of hydrogen-bond acceptors (Lipinski definition) is 1. The predicted molar refractivity (Wildman–Crippen MR) is 160 cm³/mol. The van der Waals surface area contributed by atoms with Crippen molar-refractivity contribution < 1.29 is 8.78 Å². The van der Waals surface area contributed by atoms with Gasteiger partial charge in [0.05, 0.1) is 0 Å². The number of hydrogen-bond donors (Lipinski definition) is 0. The molecule has 0 radical (unpaired) electrons. The van der Waals surface area contributed by atoms with Crippen molar-refractivity contribution in [1.82, 2.24) is 0 Å². The first-order chi connectivity index (χ1) is 18.5. The van der Waals surface area contributed by atoms with Crippen LogP contribution in [0.25, 0.3) is 10.8 Å². The van der Waals surface area contributed by atoms with Gasteiger partial charge in [-0.25, -0.2) is 8.78 Å². The zero-order valence-corrected chi connectivity index (χ0v) is 23.4. The lowest BCUT2D eigenvalue weighted by Crippen LogP contribution is -2.28. The summed E-state index contributed by atoms with van der Waals surface area (Å²) in [6, 6.07) is 25.0. The Balaban J connectivity index is 1.50. The molecule has 1 aliphatic rings. The number of likely N-dealkylation sites (N-methyl/N-ethyl adjacent to an activating group) is 1. The van der Waals surface area contributed by atoms with E-state index in [0.29, 0.717) is 12.0 Å². The van der Waals surface area contributed by atoms with Crippen molar-refractivity contribution >= 4 is 16.5 Å². The third-order valence-corrected chi connectivity index (χ3v) is 8.46. The van der Waals surface area contributed by atoms with Crippen LogP contribution in [0, 0.1) is 18.6 Å². The topological polar surface area (TPSA) is 3.24 Å². The van der Waals surface area contributed by atoms with Crippen LogP contribution in [0.4, 0.5) is 14.5 Å². The smallest absolute Gasteiger partial charge is 0.129 e. The molecule has 5 rings (SSSR count). The Labute approximate surface area is 230 Å². The molecule has 0 fully saturated rings. The molecule has 0 amide bonds. The van der Waals surface area contributed by atoms with E-state index in [9.17, 15) is 8.78 Å². The van der Waals surface area contributed by atoms with E-state index in [4.69, 9.17) is 0 Å². The lowest BCUT2D eigenvalue weighted by Gasteiger charge is -2.33. The molecule has 1 heterocycles. The van der Waals surface area contributed by atoms with E-state index in [0.717, 1.165) is 22.8 Å². The van der Waals surface area contributed by atoms with Crippen LogP contribution in [-0.2, 0) is 17.3 Å². The van der Waals surface area contributed by atoms with Gasteiger partial charge in [-0.1, -0.05) is 94.1 Å². The van der Waals surface area contributed by atoms with Crippen LogP contribution in [0.3, 0.4) is 0 Å². The summed E-state index contributed by atoms with van der Waals surface area (Å²) in [5.41, 5.74) is 6.47. The van der Waals surface area contributed by atoms with Crippen LogP contribution >= 0.6 is 0 Å². The molecule has 0 saturated heterocycles. The highest BCUT2D eigenvalue weighted by molar-refractivity contribution is 5.90. The highest BCUT2D eigenvalue weighted by Crippen LogP contribution is 2.48. The Morgan fingerprint density at radius 3 is 2.31 bits per heavy atom. The van der Waals surface area contributed by atoms with E-state index >= 15 is 0 Å². The Kier molecular flexibility index (Phi) is 6.80. The largest absolute Gasteiger partial charge is 0.347 e. The van der Waals surface area contributed by atoms with E-state index in [2.05, 4.69) is 107 Å². The van der Waals surface area contributed by atoms with Crippen molar-refractivity contribution in [2.75, 3.05) is 11.9 Å². The molecule has 1 atom stereocenters. The molecule has 0 aliphatic carbocycles. The highest BCUT2D eigenvalue weighted by Gasteiger charge is 2.38. The maximum absolute atomic E-state index is 14.8. The number of allylic oxidation sites excluding steroid dienone is 5. The first-order valence-electron chi connectivity index (χ1n) is 13.4. The summed E-state index contributed by atoms with van der Waals surface area (Å²) in [7, 11) is 2.12. The van der Waals surface area contributed by atoms with Crippen molar-refractivity contribution in [3.63, 3.8) is 0 Å². The summed E-state index contributed by atoms with van der Waals surface area (Å²) < 4.78 is 28.4. The highest BCUT2D eigenvalue weighted by atomic mass is 19.1. The molecule has 0 aromatic heterocycles. The average Bonchev–Trinajstić information content (AvgIpc) is 3.09. The van der Waals surface area contributed by atoms with Gasteiger partial charge in [-0.3, -0.25) is 0 Å². The minimum absolute atomic E-state index is 0.170. The van der Waals surface area contributed by atoms with Crippen LogP contribution in [-0.4, -0.2) is 7.05 Å². The lowest BCUT2D eigenvalue weighted by molar-refractivity contribution is 0.523. The number of fused-ring (bicyclic) bond motifs is 2. The number of benzene rings is 4. The quantitative estimate of drug-likeness (QED) is 0.229. The van der Waals surface area contributed by atoms with Crippen molar-refractivity contribution in [2.45, 2.75) is 44.9 Å². The van der Waals surface area contributed by atoms with E-state index in [1.54, 1.807) is 0 Å². The normalized spacial score (nSPS) is 17.1. The Morgan fingerprint density at radius 2 is 1.62 bits per heavy atom. The van der Waals surface area contributed by atoms with Crippen LogP contribution in [0.15, 0.2) is 115 Å². The Bertz CT molecular complexity index is 1640. The molecule has 1 nitrogen and oxygen atoms in total. The summed E-state index contributed by atoms with van der Waals surface area (Å²) in [6.45, 7) is 13.1. The van der Waals surface area contributed by atoms with Gasteiger partial charge in [0, 0.05) is 35.3 Å². The monoisotopic (exact) mass is 519 g/mol. The van der Waals surface area contributed by atoms with Gasteiger partial charge in [0.2, 0.25) is 0 Å². The fourth-order valence-electron chi connectivity index (χ4n) is 6.07. The van der Waals surface area contributed by atoms with Gasteiger partial charge in [-0.05, 0) is 76.2 Å². The van der Waals surface area contributed by atoms with Gasteiger partial charge in [-0.2, -0.15) is 0 Å². The molecular formula is C36H35F2N. The van der Waals surface area contributed by atoms with Gasteiger partial charge < -0.3 is 4.90 Å². The standard InChI is InChI=1S/C36H35F2N/c1-24-12-7-10-16-30(24)36(5,23-28-18-19-29(37)22-32(28)38)25(2)13-11-17-34-35(3,4)31-20-26-14-8-9-15-27(26)21-33(31)39(34)6/h7-22H,2,23H2,1,3-6H3/b13-11+,34-17+. The second-order valence-corrected chi connectivity index (χ2v) is 11.4. The van der Waals surface area contributed by atoms with E-state index in [1.165, 1.54) is 39.9 Å². The number of aryl methyl sites for hydroxylation is 1. The molecule has 1 unspecified atom stereocenters. The fourth-order valence-corrected chi connectivity index (χ4v) is 6.07. The molecule has 198 valence electrons. The van der Waals surface area contributed by atoms with E-state index < -0.39 is 17.0 Å². The molecule has 39 heavy (non-hydrogen) atoms. The molecule has 0 saturated carbocycles.